The van der Waals surface area contributed by atoms with Crippen LogP contribution in [-0.2, 0) is 6.54 Å². The molecule has 1 aliphatic heterocycles. The number of hydrogen-bond acceptors (Lipinski definition) is 1. The van der Waals surface area contributed by atoms with E-state index < -0.39 is 0 Å². The largest absolute Gasteiger partial charge is 0.295 e. The van der Waals surface area contributed by atoms with Crippen molar-refractivity contribution in [2.24, 2.45) is 0 Å². The lowest BCUT2D eigenvalue weighted by Gasteiger charge is -2.22. The van der Waals surface area contributed by atoms with Crippen LogP contribution in [0.15, 0.2) is 42.5 Å². The normalized spacial score (nSPS) is 24.3. The van der Waals surface area contributed by atoms with Gasteiger partial charge in [0, 0.05) is 21.0 Å². The smallest absolute Gasteiger partial charge is 0.0323 e. The second-order valence-electron chi connectivity index (χ2n) is 3.34. The lowest BCUT2D eigenvalue weighted by atomic mass is 10.2. The Morgan fingerprint density at radius 1 is 1.23 bits per heavy atom. The predicted octanol–water partition coefficient (Wildman–Crippen LogP) is 2.45. The van der Waals surface area contributed by atoms with Crippen LogP contribution in [0.1, 0.15) is 13.3 Å². The second-order valence-corrected chi connectivity index (χ2v) is 3.34. The molecule has 0 N–H and O–H groups in total. The van der Waals surface area contributed by atoms with Gasteiger partial charge in [0.05, 0.1) is 0 Å². The van der Waals surface area contributed by atoms with Gasteiger partial charge in [0.2, 0.25) is 0 Å². The average Bonchev–Trinajstić information content (AvgIpc) is 2.19. The summed E-state index contributed by atoms with van der Waals surface area (Å²) < 4.78 is 7.64. The Labute approximate surface area is 81.1 Å². The highest BCUT2D eigenvalue weighted by molar-refractivity contribution is 5.14. The van der Waals surface area contributed by atoms with Crippen LogP contribution in [0.25, 0.3) is 0 Å². The molecule has 2 rings (SSSR count). The van der Waals surface area contributed by atoms with Gasteiger partial charge in [-0.25, -0.2) is 0 Å². The third-order valence-corrected chi connectivity index (χ3v) is 2.25. The Kier molecular flexibility index (Phi) is 2.39. The van der Waals surface area contributed by atoms with Gasteiger partial charge < -0.3 is 0 Å². The fourth-order valence-corrected chi connectivity index (χ4v) is 1.56. The summed E-state index contributed by atoms with van der Waals surface area (Å²) in [5, 5.41) is 0. The first-order valence-corrected chi connectivity index (χ1v) is 4.70. The van der Waals surface area contributed by atoms with E-state index in [-0.39, 0.29) is 6.40 Å². The standard InChI is InChI=1S/C12H15N/c1-3-7-12(8-4-1)11-13-9-5-2-6-10-13/h1-5,7-8H,6,9-11H2/i6D. The van der Waals surface area contributed by atoms with Gasteiger partial charge in [-0.1, -0.05) is 42.5 Å². The summed E-state index contributed by atoms with van der Waals surface area (Å²) in [7, 11) is 0. The van der Waals surface area contributed by atoms with E-state index in [0.717, 1.165) is 19.6 Å². The van der Waals surface area contributed by atoms with Gasteiger partial charge in [-0.05, 0) is 12.0 Å². The van der Waals surface area contributed by atoms with Crippen LogP contribution in [0, 0.1) is 0 Å². The molecule has 0 bridgehead atoms. The Morgan fingerprint density at radius 3 is 2.85 bits per heavy atom. The monoisotopic (exact) mass is 174 g/mol. The first-order chi connectivity index (χ1) is 6.84. The van der Waals surface area contributed by atoms with E-state index in [4.69, 9.17) is 1.37 Å². The second kappa shape index (κ2) is 4.24. The van der Waals surface area contributed by atoms with Gasteiger partial charge in [-0.15, -0.1) is 0 Å². The minimum absolute atomic E-state index is 0.0486. The molecule has 0 saturated carbocycles. The summed E-state index contributed by atoms with van der Waals surface area (Å²) in [5.74, 6) is 0. The molecule has 13 heavy (non-hydrogen) atoms. The third kappa shape index (κ3) is 2.43. The number of nitrogens with zero attached hydrogens (tertiary/aromatic N) is 1. The first-order valence-electron chi connectivity index (χ1n) is 5.27. The van der Waals surface area contributed by atoms with Crippen LogP contribution >= 0.6 is 0 Å². The van der Waals surface area contributed by atoms with Crippen LogP contribution < -0.4 is 0 Å². The van der Waals surface area contributed by atoms with Gasteiger partial charge in [0.1, 0.15) is 0 Å². The summed E-state index contributed by atoms with van der Waals surface area (Å²) in [6, 6.07) is 10.4. The van der Waals surface area contributed by atoms with Gasteiger partial charge in [-0.3, -0.25) is 4.90 Å². The Hall–Kier alpha value is -1.08. The molecular weight excluding hydrogens is 158 g/mol. The van der Waals surface area contributed by atoms with Crippen molar-refractivity contribution in [2.75, 3.05) is 13.1 Å². The zero-order valence-electron chi connectivity index (χ0n) is 8.69. The van der Waals surface area contributed by atoms with Crippen LogP contribution in [-0.4, -0.2) is 18.0 Å². The molecule has 0 aromatic heterocycles. The first kappa shape index (κ1) is 7.34. The molecule has 1 heteroatoms. The molecule has 0 aliphatic carbocycles. The van der Waals surface area contributed by atoms with Crippen molar-refractivity contribution < 1.29 is 1.37 Å². The Morgan fingerprint density at radius 2 is 2.08 bits per heavy atom. The molecule has 1 heterocycles. The molecule has 1 nitrogen and oxygen atoms in total. The fraction of sp³-hybridized carbons (Fsp3) is 0.333. The van der Waals surface area contributed by atoms with E-state index >= 15 is 0 Å². The highest BCUT2D eigenvalue weighted by atomic mass is 15.1. The molecule has 1 aliphatic rings. The number of hydrogen-bond donors (Lipinski definition) is 0. The average molecular weight is 174 g/mol. The molecule has 0 amide bonds. The van der Waals surface area contributed by atoms with Crippen molar-refractivity contribution in [3.05, 3.63) is 48.0 Å². The highest BCUT2D eigenvalue weighted by Crippen LogP contribution is 2.07. The van der Waals surface area contributed by atoms with Crippen LogP contribution in [0.4, 0.5) is 0 Å². The summed E-state index contributed by atoms with van der Waals surface area (Å²) >= 11 is 0. The highest BCUT2D eigenvalue weighted by Gasteiger charge is 2.05. The van der Waals surface area contributed by atoms with E-state index in [1.807, 2.05) is 12.1 Å². The van der Waals surface area contributed by atoms with Crippen LogP contribution in [0.5, 0.6) is 0 Å². The van der Waals surface area contributed by atoms with E-state index in [2.05, 4.69) is 35.2 Å². The minimum atomic E-state index is -0.0486. The molecule has 0 fully saturated rings. The summed E-state index contributed by atoms with van der Waals surface area (Å²) in [6.07, 6.45) is 4.01. The van der Waals surface area contributed by atoms with E-state index in [9.17, 15) is 0 Å². The molecule has 0 saturated heterocycles. The Balaban J connectivity index is 1.96. The molecule has 1 atom stereocenters. The van der Waals surface area contributed by atoms with Gasteiger partial charge >= 0.3 is 0 Å². The lowest BCUT2D eigenvalue weighted by Crippen LogP contribution is -2.26. The van der Waals surface area contributed by atoms with Crippen molar-refractivity contribution >= 4 is 0 Å². The molecule has 68 valence electrons. The van der Waals surface area contributed by atoms with Gasteiger partial charge in [-0.2, -0.15) is 0 Å². The topological polar surface area (TPSA) is 3.24 Å². The molecule has 1 unspecified atom stereocenters. The predicted molar refractivity (Wildman–Crippen MR) is 55.5 cm³/mol. The maximum Gasteiger partial charge on any atom is 0.0323 e. The maximum absolute atomic E-state index is 7.64. The van der Waals surface area contributed by atoms with Gasteiger partial charge in [0.25, 0.3) is 0 Å². The SMILES string of the molecule is [2H]C1C=CCN(Cc2ccccc2)C1. The van der Waals surface area contributed by atoms with Crippen molar-refractivity contribution in [1.82, 2.24) is 4.90 Å². The molecule has 1 aromatic carbocycles. The molecule has 1 aromatic rings. The summed E-state index contributed by atoms with van der Waals surface area (Å²) in [6.45, 7) is 2.79. The molecule has 0 radical (unpaired) electrons. The fourth-order valence-electron chi connectivity index (χ4n) is 1.56. The summed E-state index contributed by atoms with van der Waals surface area (Å²) in [5.41, 5.74) is 1.33. The number of benzene rings is 1. The van der Waals surface area contributed by atoms with Crippen LogP contribution in [0.3, 0.4) is 0 Å². The van der Waals surface area contributed by atoms with Crippen molar-refractivity contribution in [2.45, 2.75) is 12.9 Å². The molecule has 0 spiro atoms. The van der Waals surface area contributed by atoms with Crippen molar-refractivity contribution in [3.63, 3.8) is 0 Å². The minimum Gasteiger partial charge on any atom is -0.295 e. The lowest BCUT2D eigenvalue weighted by molar-refractivity contribution is 0.291. The van der Waals surface area contributed by atoms with E-state index in [1.165, 1.54) is 5.56 Å². The van der Waals surface area contributed by atoms with Crippen molar-refractivity contribution in [1.29, 1.82) is 0 Å². The van der Waals surface area contributed by atoms with Crippen molar-refractivity contribution in [3.8, 4) is 0 Å². The maximum atomic E-state index is 7.64. The van der Waals surface area contributed by atoms with Gasteiger partial charge in [0.15, 0.2) is 0 Å². The zero-order valence-corrected chi connectivity index (χ0v) is 7.69. The Bertz CT molecular complexity index is 307. The van der Waals surface area contributed by atoms with Crippen LogP contribution in [0.2, 0.25) is 0 Å². The third-order valence-electron chi connectivity index (χ3n) is 2.25. The van der Waals surface area contributed by atoms with E-state index in [0.29, 0.717) is 0 Å². The quantitative estimate of drug-likeness (QED) is 0.622. The zero-order chi connectivity index (χ0) is 9.80. The molecular formula is C12H15N. The number of rotatable bonds is 2. The van der Waals surface area contributed by atoms with E-state index in [1.54, 1.807) is 0 Å². The summed E-state index contributed by atoms with van der Waals surface area (Å²) in [4.78, 5) is 2.30.